The number of carboxylic acid groups (broad SMARTS) is 2. The number of ketones is 1. The van der Waals surface area contributed by atoms with E-state index in [0.29, 0.717) is 12.1 Å². The maximum Gasteiger partial charge on any atom is 0.414 e. The quantitative estimate of drug-likeness (QED) is 0.419. The first-order valence-corrected chi connectivity index (χ1v) is 11.7. The van der Waals surface area contributed by atoms with Crippen LogP contribution in [0.1, 0.15) is 46.6 Å². The molecule has 1 fully saturated rings. The van der Waals surface area contributed by atoms with E-state index in [1.807, 2.05) is 36.9 Å². The first-order chi connectivity index (χ1) is 16.7. The van der Waals surface area contributed by atoms with Gasteiger partial charge in [0.15, 0.2) is 5.78 Å². The Kier molecular flexibility index (Phi) is 9.54. The minimum atomic E-state index is -1.82. The fourth-order valence-corrected chi connectivity index (χ4v) is 3.92. The van der Waals surface area contributed by atoms with Crippen molar-refractivity contribution in [2.75, 3.05) is 26.2 Å². The van der Waals surface area contributed by atoms with Gasteiger partial charge in [-0.1, -0.05) is 12.1 Å². The summed E-state index contributed by atoms with van der Waals surface area (Å²) in [6.07, 6.45) is 1.70. The summed E-state index contributed by atoms with van der Waals surface area (Å²) in [5.41, 5.74) is -0.289. The van der Waals surface area contributed by atoms with Gasteiger partial charge in [0.25, 0.3) is 0 Å². The molecule has 1 aromatic heterocycles. The lowest BCUT2D eigenvalue weighted by Crippen LogP contribution is -2.46. The minimum absolute atomic E-state index is 0.0487. The normalized spacial score (nSPS) is 14.8. The van der Waals surface area contributed by atoms with Gasteiger partial charge in [0.1, 0.15) is 5.60 Å². The van der Waals surface area contributed by atoms with E-state index in [1.165, 1.54) is 18.4 Å². The number of benzene rings is 1. The topological polar surface area (TPSA) is 171 Å². The molecule has 0 spiro atoms. The van der Waals surface area contributed by atoms with Crippen LogP contribution in [-0.2, 0) is 14.4 Å². The number of Topliss-reactive ketones (excluding diaryl/α,β-unsaturated/α-hetero) is 1. The zero-order valence-corrected chi connectivity index (χ0v) is 20.9. The number of aromatic nitrogens is 2. The van der Waals surface area contributed by atoms with Crippen molar-refractivity contribution in [2.24, 2.45) is 5.92 Å². The van der Waals surface area contributed by atoms with Crippen LogP contribution in [0.3, 0.4) is 0 Å². The number of amides is 1. The summed E-state index contributed by atoms with van der Waals surface area (Å²) in [4.78, 5) is 57.9. The molecule has 12 heteroatoms. The van der Waals surface area contributed by atoms with Crippen LogP contribution in [0.15, 0.2) is 29.1 Å². The maximum absolute atomic E-state index is 12.9. The molecule has 2 heterocycles. The van der Waals surface area contributed by atoms with Gasteiger partial charge in [-0.05, 0) is 71.7 Å². The number of carboxylic acids is 2. The van der Waals surface area contributed by atoms with Gasteiger partial charge in [-0.3, -0.25) is 14.3 Å². The highest BCUT2D eigenvalue weighted by Gasteiger charge is 2.28. The zero-order chi connectivity index (χ0) is 27.2. The summed E-state index contributed by atoms with van der Waals surface area (Å²) in [6.45, 7) is 9.08. The van der Waals surface area contributed by atoms with Crippen LogP contribution >= 0.6 is 0 Å². The Hall–Kier alpha value is -3.51. The molecule has 0 radical (unpaired) electrons. The van der Waals surface area contributed by atoms with E-state index in [4.69, 9.17) is 19.8 Å². The molecule has 1 saturated heterocycles. The number of carbonyl (C=O) groups is 4. The number of aliphatic hydroxyl groups is 1. The van der Waals surface area contributed by atoms with Crippen molar-refractivity contribution in [1.82, 2.24) is 19.4 Å². The number of piperidine rings is 1. The molecule has 0 saturated carbocycles. The smallest absolute Gasteiger partial charge is 0.414 e. The van der Waals surface area contributed by atoms with Gasteiger partial charge in [0.2, 0.25) is 0 Å². The molecule has 1 aromatic carbocycles. The Balaban J connectivity index is 0.000000678. The molecular formula is C24H34N4O8. The van der Waals surface area contributed by atoms with Crippen molar-refractivity contribution in [3.05, 3.63) is 34.7 Å². The number of rotatable bonds is 6. The number of likely N-dealkylation sites (tertiary alicyclic amines) is 1. The van der Waals surface area contributed by atoms with Crippen molar-refractivity contribution in [2.45, 2.75) is 52.2 Å². The highest BCUT2D eigenvalue weighted by Crippen LogP contribution is 2.19. The minimum Gasteiger partial charge on any atom is -0.473 e. The predicted octanol–water partition coefficient (Wildman–Crippen LogP) is 1.15. The number of hydrogen-bond acceptors (Lipinski definition) is 7. The number of carbonyl (C=O) groups excluding carboxylic acids is 2. The Morgan fingerprint density at radius 2 is 1.56 bits per heavy atom. The molecule has 36 heavy (non-hydrogen) atoms. The molecule has 0 bridgehead atoms. The van der Waals surface area contributed by atoms with Gasteiger partial charge in [0.05, 0.1) is 17.6 Å². The number of para-hydroxylation sites is 2. The van der Waals surface area contributed by atoms with Crippen molar-refractivity contribution < 1.29 is 34.5 Å². The van der Waals surface area contributed by atoms with Crippen LogP contribution in [-0.4, -0.2) is 84.9 Å². The molecule has 4 N–H and O–H groups in total. The van der Waals surface area contributed by atoms with Gasteiger partial charge in [-0.15, -0.1) is 0 Å². The number of aliphatic carboxylic acids is 2. The molecule has 198 valence electrons. The summed E-state index contributed by atoms with van der Waals surface area (Å²) in [7, 11) is 0. The van der Waals surface area contributed by atoms with Crippen molar-refractivity contribution in [3.8, 4) is 0 Å². The number of nitrogens with zero attached hydrogens (tertiary/aromatic N) is 3. The highest BCUT2D eigenvalue weighted by molar-refractivity contribution is 6.27. The molecule has 2 aromatic rings. The van der Waals surface area contributed by atoms with Crippen LogP contribution < -0.4 is 11.0 Å². The van der Waals surface area contributed by atoms with Crippen LogP contribution in [0.4, 0.5) is 4.79 Å². The third kappa shape index (κ3) is 7.25. The molecule has 1 amide bonds. The van der Waals surface area contributed by atoms with Crippen molar-refractivity contribution in [3.63, 3.8) is 0 Å². The van der Waals surface area contributed by atoms with Crippen molar-refractivity contribution >= 4 is 34.8 Å². The first kappa shape index (κ1) is 28.7. The summed E-state index contributed by atoms with van der Waals surface area (Å²) in [6, 6.07) is 6.86. The number of imidazole rings is 1. The van der Waals surface area contributed by atoms with Gasteiger partial charge >= 0.3 is 23.7 Å². The average molecular weight is 507 g/mol. The van der Waals surface area contributed by atoms with Crippen molar-refractivity contribution in [1.29, 1.82) is 0 Å². The standard InChI is InChI=1S/C22H32N4O4.C2H2O4/c1-15(2)25-17-7-5-6-8-18(17)26(21(25)29)20(28)23-13-16-9-11-24(12-10-16)14-19(27)22(3,4)30;3-1(4)2(5)6/h5-8,15-16,30H,9-14H2,1-4H3,(H,23,28);(H,3,4)(H,5,6). The second-order valence-corrected chi connectivity index (χ2v) is 9.57. The van der Waals surface area contributed by atoms with E-state index in [1.54, 1.807) is 10.6 Å². The van der Waals surface area contributed by atoms with Gasteiger partial charge in [-0.2, -0.15) is 0 Å². The summed E-state index contributed by atoms with van der Waals surface area (Å²) >= 11 is 0. The largest absolute Gasteiger partial charge is 0.473 e. The summed E-state index contributed by atoms with van der Waals surface area (Å²) in [5.74, 6) is -3.54. The lowest BCUT2D eigenvalue weighted by Gasteiger charge is -2.32. The van der Waals surface area contributed by atoms with Gasteiger partial charge in [0, 0.05) is 12.6 Å². The molecule has 0 atom stereocenters. The molecule has 12 nitrogen and oxygen atoms in total. The first-order valence-electron chi connectivity index (χ1n) is 11.7. The molecule has 1 aliphatic heterocycles. The number of nitrogens with one attached hydrogen (secondary N) is 1. The Morgan fingerprint density at radius 1 is 1.03 bits per heavy atom. The highest BCUT2D eigenvalue weighted by atomic mass is 16.4. The van der Waals surface area contributed by atoms with E-state index in [9.17, 15) is 19.5 Å². The summed E-state index contributed by atoms with van der Waals surface area (Å²) < 4.78 is 2.85. The molecule has 1 aliphatic rings. The fourth-order valence-electron chi connectivity index (χ4n) is 3.92. The van der Waals surface area contributed by atoms with E-state index < -0.39 is 23.6 Å². The second-order valence-electron chi connectivity index (χ2n) is 9.57. The van der Waals surface area contributed by atoms with Crippen LogP contribution in [0.25, 0.3) is 11.0 Å². The van der Waals surface area contributed by atoms with Gasteiger partial charge < -0.3 is 20.6 Å². The van der Waals surface area contributed by atoms with Gasteiger partial charge in [-0.25, -0.2) is 23.7 Å². The predicted molar refractivity (Wildman–Crippen MR) is 131 cm³/mol. The van der Waals surface area contributed by atoms with E-state index >= 15 is 0 Å². The Morgan fingerprint density at radius 3 is 2.03 bits per heavy atom. The van der Waals surface area contributed by atoms with Crippen LogP contribution in [0, 0.1) is 5.92 Å². The average Bonchev–Trinajstić information content (AvgIpc) is 3.10. The lowest BCUT2D eigenvalue weighted by molar-refractivity contribution is -0.159. The molecule has 3 rings (SSSR count). The Bertz CT molecular complexity index is 1150. The summed E-state index contributed by atoms with van der Waals surface area (Å²) in [5, 5.41) is 27.5. The molecule has 0 aliphatic carbocycles. The third-order valence-electron chi connectivity index (χ3n) is 5.98. The monoisotopic (exact) mass is 506 g/mol. The SMILES string of the molecule is CC(C)n1c(=O)n(C(=O)NCC2CCN(CC(=O)C(C)(C)O)CC2)c2ccccc21.O=C(O)C(=O)O. The molecular weight excluding hydrogens is 472 g/mol. The third-order valence-corrected chi connectivity index (χ3v) is 5.98. The van der Waals surface area contributed by atoms with E-state index in [2.05, 4.69) is 5.32 Å². The maximum atomic E-state index is 12.9. The van der Waals surface area contributed by atoms with E-state index in [0.717, 1.165) is 31.4 Å². The number of fused-ring (bicyclic) bond motifs is 1. The van der Waals surface area contributed by atoms with E-state index in [-0.39, 0.29) is 30.0 Å². The lowest BCUT2D eigenvalue weighted by atomic mass is 9.95. The second kappa shape index (κ2) is 12.0. The zero-order valence-electron chi connectivity index (χ0n) is 20.9. The number of hydrogen-bond donors (Lipinski definition) is 4. The van der Waals surface area contributed by atoms with Crippen LogP contribution in [0.5, 0.6) is 0 Å². The fraction of sp³-hybridized carbons (Fsp3) is 0.542. The van der Waals surface area contributed by atoms with Crippen LogP contribution in [0.2, 0.25) is 0 Å². The molecule has 0 unspecified atom stereocenters. The Labute approximate surface area is 208 Å².